The van der Waals surface area contributed by atoms with E-state index in [1.54, 1.807) is 18.2 Å². The second kappa shape index (κ2) is 9.40. The molecule has 0 unspecified atom stereocenters. The van der Waals surface area contributed by atoms with Gasteiger partial charge in [-0.05, 0) is 42.9 Å². The molecule has 0 spiro atoms. The highest BCUT2D eigenvalue weighted by Gasteiger charge is 2.24. The van der Waals surface area contributed by atoms with Gasteiger partial charge in [0.15, 0.2) is 5.65 Å². The summed E-state index contributed by atoms with van der Waals surface area (Å²) in [6.07, 6.45) is 2.00. The maximum Gasteiger partial charge on any atom is 0.330 e. The summed E-state index contributed by atoms with van der Waals surface area (Å²) in [6, 6.07) is 6.25. The van der Waals surface area contributed by atoms with E-state index in [0.717, 1.165) is 25.9 Å². The zero-order chi connectivity index (χ0) is 24.6. The Morgan fingerprint density at radius 2 is 1.88 bits per heavy atom. The lowest BCUT2D eigenvalue weighted by Gasteiger charge is -2.22. The standard InChI is InChI=1S/C25H30FN5O3/c1-14(2)13-31-22-20(24(33)29-25(31)34)16(12-18(27-22)15(3)4)23(32)28-21-17(26)8-7-9-19(21)30-10-5-6-11-30/h7-9,12,14-15H,5-6,10-11,13H2,1-4H3,(H,28,32)(H,29,33,34). The average Bonchev–Trinajstić information content (AvgIpc) is 3.31. The fourth-order valence-corrected chi connectivity index (χ4v) is 4.34. The quantitative estimate of drug-likeness (QED) is 0.574. The van der Waals surface area contributed by atoms with Gasteiger partial charge in [0.2, 0.25) is 0 Å². The van der Waals surface area contributed by atoms with E-state index in [0.29, 0.717) is 17.9 Å². The molecular formula is C25H30FN5O3. The summed E-state index contributed by atoms with van der Waals surface area (Å²) in [6.45, 7) is 9.61. The number of halogens is 1. The van der Waals surface area contributed by atoms with Gasteiger partial charge in [0.05, 0.1) is 16.6 Å². The minimum atomic E-state index is -0.693. The Hall–Kier alpha value is -3.49. The molecular weight excluding hydrogens is 437 g/mol. The summed E-state index contributed by atoms with van der Waals surface area (Å²) >= 11 is 0. The van der Waals surface area contributed by atoms with Crippen LogP contribution in [0.25, 0.3) is 11.0 Å². The van der Waals surface area contributed by atoms with Gasteiger partial charge in [-0.1, -0.05) is 33.8 Å². The highest BCUT2D eigenvalue weighted by Crippen LogP contribution is 2.32. The lowest BCUT2D eigenvalue weighted by molar-refractivity contribution is 0.102. The van der Waals surface area contributed by atoms with E-state index >= 15 is 0 Å². The van der Waals surface area contributed by atoms with Crippen LogP contribution < -0.4 is 21.5 Å². The Kier molecular flexibility index (Phi) is 6.54. The third-order valence-electron chi connectivity index (χ3n) is 6.03. The van der Waals surface area contributed by atoms with Gasteiger partial charge in [0.25, 0.3) is 11.5 Å². The van der Waals surface area contributed by atoms with E-state index in [1.165, 1.54) is 10.6 Å². The smallest absolute Gasteiger partial charge is 0.330 e. The van der Waals surface area contributed by atoms with Gasteiger partial charge in [-0.3, -0.25) is 19.1 Å². The number of amides is 1. The fraction of sp³-hybridized carbons (Fsp3) is 0.440. The molecule has 0 aliphatic carbocycles. The number of hydrogen-bond donors (Lipinski definition) is 2. The summed E-state index contributed by atoms with van der Waals surface area (Å²) < 4.78 is 16.3. The van der Waals surface area contributed by atoms with Crippen molar-refractivity contribution in [2.45, 2.75) is 53.0 Å². The number of aromatic amines is 1. The van der Waals surface area contributed by atoms with Gasteiger partial charge in [-0.25, -0.2) is 14.2 Å². The molecule has 2 aromatic heterocycles. The molecule has 3 heterocycles. The lowest BCUT2D eigenvalue weighted by Crippen LogP contribution is -2.33. The summed E-state index contributed by atoms with van der Waals surface area (Å²) in [4.78, 5) is 47.9. The van der Waals surface area contributed by atoms with Crippen molar-refractivity contribution in [1.29, 1.82) is 0 Å². The van der Waals surface area contributed by atoms with Gasteiger partial charge >= 0.3 is 5.69 Å². The first-order chi connectivity index (χ1) is 16.2. The van der Waals surface area contributed by atoms with Crippen LogP contribution in [0, 0.1) is 11.7 Å². The maximum absolute atomic E-state index is 14.9. The normalized spacial score (nSPS) is 13.9. The number of para-hydroxylation sites is 1. The molecule has 9 heteroatoms. The second-order valence-electron chi connectivity index (χ2n) is 9.49. The van der Waals surface area contributed by atoms with Crippen LogP contribution in [0.2, 0.25) is 0 Å². The molecule has 0 saturated carbocycles. The minimum Gasteiger partial charge on any atom is -0.370 e. The predicted octanol–water partition coefficient (Wildman–Crippen LogP) is 3.86. The van der Waals surface area contributed by atoms with E-state index < -0.39 is 23.0 Å². The van der Waals surface area contributed by atoms with Crippen LogP contribution in [0.4, 0.5) is 15.8 Å². The number of anilines is 2. The summed E-state index contributed by atoms with van der Waals surface area (Å²) in [5, 5.41) is 2.72. The molecule has 0 bridgehead atoms. The molecule has 34 heavy (non-hydrogen) atoms. The molecule has 1 aromatic carbocycles. The van der Waals surface area contributed by atoms with Crippen LogP contribution in [0.5, 0.6) is 0 Å². The summed E-state index contributed by atoms with van der Waals surface area (Å²) in [7, 11) is 0. The molecule has 3 aromatic rings. The number of nitrogens with one attached hydrogen (secondary N) is 2. The first-order valence-electron chi connectivity index (χ1n) is 11.7. The number of carbonyl (C=O) groups excluding carboxylic acids is 1. The van der Waals surface area contributed by atoms with Crippen molar-refractivity contribution >= 4 is 28.3 Å². The van der Waals surface area contributed by atoms with E-state index in [1.807, 2.05) is 32.6 Å². The second-order valence-corrected chi connectivity index (χ2v) is 9.49. The number of rotatable bonds is 6. The summed E-state index contributed by atoms with van der Waals surface area (Å²) in [5.74, 6) is -1.13. The molecule has 1 saturated heterocycles. The Morgan fingerprint density at radius 3 is 2.53 bits per heavy atom. The first kappa shape index (κ1) is 23.7. The third-order valence-corrected chi connectivity index (χ3v) is 6.03. The van der Waals surface area contributed by atoms with E-state index in [-0.39, 0.29) is 34.1 Å². The van der Waals surface area contributed by atoms with Crippen molar-refractivity contribution in [2.75, 3.05) is 23.3 Å². The van der Waals surface area contributed by atoms with Crippen LogP contribution >= 0.6 is 0 Å². The molecule has 8 nitrogen and oxygen atoms in total. The number of hydrogen-bond acceptors (Lipinski definition) is 5. The number of nitrogens with zero attached hydrogens (tertiary/aromatic N) is 3. The molecule has 180 valence electrons. The number of pyridine rings is 1. The largest absolute Gasteiger partial charge is 0.370 e. The van der Waals surface area contributed by atoms with Crippen molar-refractivity contribution in [2.24, 2.45) is 5.92 Å². The van der Waals surface area contributed by atoms with Crippen LogP contribution in [0.15, 0.2) is 33.9 Å². The van der Waals surface area contributed by atoms with Crippen molar-refractivity contribution in [3.05, 3.63) is 62.2 Å². The highest BCUT2D eigenvalue weighted by molar-refractivity contribution is 6.13. The first-order valence-corrected chi connectivity index (χ1v) is 11.7. The molecule has 0 atom stereocenters. The van der Waals surface area contributed by atoms with Crippen molar-refractivity contribution in [1.82, 2.24) is 14.5 Å². The Balaban J connectivity index is 1.89. The number of benzene rings is 1. The molecule has 1 fully saturated rings. The molecule has 1 aliphatic heterocycles. The van der Waals surface area contributed by atoms with Crippen LogP contribution in [-0.2, 0) is 6.54 Å². The molecule has 0 radical (unpaired) electrons. The van der Waals surface area contributed by atoms with Crippen molar-refractivity contribution < 1.29 is 9.18 Å². The average molecular weight is 468 g/mol. The monoisotopic (exact) mass is 467 g/mol. The van der Waals surface area contributed by atoms with Gasteiger partial charge < -0.3 is 10.2 Å². The van der Waals surface area contributed by atoms with E-state index in [2.05, 4.69) is 15.3 Å². The molecule has 1 amide bonds. The third kappa shape index (κ3) is 4.47. The highest BCUT2D eigenvalue weighted by atomic mass is 19.1. The van der Waals surface area contributed by atoms with E-state index in [4.69, 9.17) is 0 Å². The molecule has 4 rings (SSSR count). The molecule has 1 aliphatic rings. The van der Waals surface area contributed by atoms with Gasteiger partial charge in [0, 0.05) is 25.3 Å². The molecule has 2 N–H and O–H groups in total. The van der Waals surface area contributed by atoms with Gasteiger partial charge in [-0.2, -0.15) is 0 Å². The van der Waals surface area contributed by atoms with Crippen molar-refractivity contribution in [3.63, 3.8) is 0 Å². The number of carbonyl (C=O) groups is 1. The lowest BCUT2D eigenvalue weighted by atomic mass is 10.0. The Labute approximate surface area is 196 Å². The fourth-order valence-electron chi connectivity index (χ4n) is 4.34. The number of aromatic nitrogens is 3. The van der Waals surface area contributed by atoms with Crippen LogP contribution in [-0.4, -0.2) is 33.5 Å². The number of H-pyrrole nitrogens is 1. The maximum atomic E-state index is 14.9. The zero-order valence-corrected chi connectivity index (χ0v) is 19.9. The van der Waals surface area contributed by atoms with E-state index in [9.17, 15) is 18.8 Å². The Bertz CT molecular complexity index is 1350. The zero-order valence-electron chi connectivity index (χ0n) is 19.9. The van der Waals surface area contributed by atoms with Crippen LogP contribution in [0.1, 0.15) is 62.5 Å². The van der Waals surface area contributed by atoms with Gasteiger partial charge in [-0.15, -0.1) is 0 Å². The topological polar surface area (TPSA) is 100 Å². The predicted molar refractivity (Wildman–Crippen MR) is 131 cm³/mol. The number of fused-ring (bicyclic) bond motifs is 1. The summed E-state index contributed by atoms with van der Waals surface area (Å²) in [5.41, 5.74) is 0.206. The minimum absolute atomic E-state index is 0.0150. The Morgan fingerprint density at radius 1 is 1.18 bits per heavy atom. The van der Waals surface area contributed by atoms with Gasteiger partial charge in [0.1, 0.15) is 11.5 Å². The SMILES string of the molecule is CC(C)Cn1c(=O)[nH]c(=O)c2c(C(=O)Nc3c(F)cccc3N3CCCC3)cc(C(C)C)nc21. The van der Waals surface area contributed by atoms with Crippen LogP contribution in [0.3, 0.4) is 0 Å². The van der Waals surface area contributed by atoms with Crippen molar-refractivity contribution in [3.8, 4) is 0 Å².